The van der Waals surface area contributed by atoms with Crippen molar-refractivity contribution in [3.63, 3.8) is 0 Å². The molecule has 0 spiro atoms. The average molecular weight is 376 g/mol. The van der Waals surface area contributed by atoms with Crippen LogP contribution in [-0.4, -0.2) is 45.0 Å². The van der Waals surface area contributed by atoms with Gasteiger partial charge in [0.25, 0.3) is 0 Å². The van der Waals surface area contributed by atoms with Gasteiger partial charge in [0, 0.05) is 9.37 Å². The van der Waals surface area contributed by atoms with Gasteiger partial charge in [-0.1, -0.05) is 69.7 Å². The Bertz CT molecular complexity index is 404. The monoisotopic (exact) mass is 375 g/mol. The van der Waals surface area contributed by atoms with Crippen molar-refractivity contribution < 1.29 is 5.21 Å². The van der Waals surface area contributed by atoms with Gasteiger partial charge < -0.3 is 5.21 Å². The van der Waals surface area contributed by atoms with Gasteiger partial charge in [0.15, 0.2) is 0 Å². The molecule has 0 aromatic carbocycles. The van der Waals surface area contributed by atoms with E-state index in [1.54, 1.807) is 6.21 Å². The standard InChI is InChI=1S/C16H37NOSSi3/c1-14(12-17-18)15(2)13-19-16(20(3,4)5,21(6,7)8)22(9,10)11/h12,18H,13H2,1-11H3/b15-14+,17-12+. The minimum Gasteiger partial charge on any atom is -0.411 e. The smallest absolute Gasteiger partial charge is 0.0690 e. The van der Waals surface area contributed by atoms with Crippen LogP contribution in [0.3, 0.4) is 0 Å². The van der Waals surface area contributed by atoms with Crippen LogP contribution in [0.2, 0.25) is 58.9 Å². The van der Waals surface area contributed by atoms with Crippen molar-refractivity contribution in [3.05, 3.63) is 11.1 Å². The third-order valence-corrected chi connectivity index (χ3v) is 32.3. The molecule has 0 unspecified atom stereocenters. The molecule has 0 radical (unpaired) electrons. The Morgan fingerprint density at radius 3 is 1.55 bits per heavy atom. The van der Waals surface area contributed by atoms with E-state index in [1.807, 2.05) is 6.92 Å². The molecule has 0 aliphatic rings. The van der Waals surface area contributed by atoms with Crippen LogP contribution in [0.15, 0.2) is 16.3 Å². The predicted molar refractivity (Wildman–Crippen MR) is 114 cm³/mol. The summed E-state index contributed by atoms with van der Waals surface area (Å²) in [6.45, 7) is 27.3. The molecule has 0 rings (SSSR count). The molecule has 0 aliphatic heterocycles. The first-order valence-electron chi connectivity index (χ1n) is 8.09. The maximum atomic E-state index is 8.75. The Kier molecular flexibility index (Phi) is 7.47. The van der Waals surface area contributed by atoms with Crippen molar-refractivity contribution in [1.82, 2.24) is 0 Å². The van der Waals surface area contributed by atoms with Crippen molar-refractivity contribution in [2.24, 2.45) is 5.16 Å². The van der Waals surface area contributed by atoms with E-state index in [-0.39, 0.29) is 0 Å². The normalized spacial score (nSPS) is 16.1. The molecule has 0 saturated heterocycles. The number of allylic oxidation sites excluding steroid dienone is 1. The van der Waals surface area contributed by atoms with Gasteiger partial charge in [-0.15, -0.1) is 0 Å². The van der Waals surface area contributed by atoms with Gasteiger partial charge in [-0.3, -0.25) is 0 Å². The van der Waals surface area contributed by atoms with Gasteiger partial charge in [-0.05, 0) is 19.4 Å². The van der Waals surface area contributed by atoms with Crippen molar-refractivity contribution in [3.8, 4) is 0 Å². The fraction of sp³-hybridized carbons (Fsp3) is 0.812. The Hall–Kier alpha value is 0.211. The molecule has 0 aromatic rings. The van der Waals surface area contributed by atoms with E-state index in [9.17, 15) is 0 Å². The van der Waals surface area contributed by atoms with Crippen LogP contribution in [0, 0.1) is 0 Å². The lowest BCUT2D eigenvalue weighted by molar-refractivity contribution is 0.321. The molecule has 0 atom stereocenters. The SMILES string of the molecule is CC(/C=N/O)=C(/C)CSC([Si](C)(C)C)([Si](C)(C)C)[Si](C)(C)C. The zero-order chi connectivity index (χ0) is 18.0. The van der Waals surface area contributed by atoms with Crippen LogP contribution in [0.5, 0.6) is 0 Å². The van der Waals surface area contributed by atoms with E-state index in [0.29, 0.717) is 3.62 Å². The maximum Gasteiger partial charge on any atom is 0.0690 e. The zero-order valence-electron chi connectivity index (χ0n) is 16.6. The lowest BCUT2D eigenvalue weighted by Crippen LogP contribution is -2.75. The van der Waals surface area contributed by atoms with E-state index in [4.69, 9.17) is 5.21 Å². The number of oxime groups is 1. The maximum absolute atomic E-state index is 8.75. The summed E-state index contributed by atoms with van der Waals surface area (Å²) < 4.78 is 0.519. The Morgan fingerprint density at radius 1 is 0.909 bits per heavy atom. The molecular formula is C16H37NOSSi3. The van der Waals surface area contributed by atoms with Crippen molar-refractivity contribution in [2.75, 3.05) is 5.75 Å². The van der Waals surface area contributed by atoms with Crippen LogP contribution < -0.4 is 0 Å². The van der Waals surface area contributed by atoms with Gasteiger partial charge in [0.1, 0.15) is 0 Å². The third kappa shape index (κ3) is 4.61. The molecule has 2 nitrogen and oxygen atoms in total. The molecule has 22 heavy (non-hydrogen) atoms. The average Bonchev–Trinajstić information content (AvgIpc) is 2.23. The number of thioether (sulfide) groups is 1. The Morgan fingerprint density at radius 2 is 1.27 bits per heavy atom. The molecule has 130 valence electrons. The number of hydrogen-bond acceptors (Lipinski definition) is 3. The molecule has 6 heteroatoms. The summed E-state index contributed by atoms with van der Waals surface area (Å²) in [5.74, 6) is 1.05. The summed E-state index contributed by atoms with van der Waals surface area (Å²) >= 11 is 2.24. The molecule has 0 aromatic heterocycles. The first-order valence-corrected chi connectivity index (χ1v) is 19.6. The molecule has 0 heterocycles. The lowest BCUT2D eigenvalue weighted by Gasteiger charge is -2.58. The fourth-order valence-corrected chi connectivity index (χ4v) is 38.1. The van der Waals surface area contributed by atoms with E-state index < -0.39 is 24.2 Å². The van der Waals surface area contributed by atoms with Crippen LogP contribution >= 0.6 is 11.8 Å². The topological polar surface area (TPSA) is 32.6 Å². The highest BCUT2D eigenvalue weighted by molar-refractivity contribution is 8.07. The minimum absolute atomic E-state index is 0.519. The first-order chi connectivity index (χ1) is 9.62. The van der Waals surface area contributed by atoms with Gasteiger partial charge >= 0.3 is 0 Å². The second-order valence-electron chi connectivity index (χ2n) is 9.43. The minimum atomic E-state index is -1.35. The van der Waals surface area contributed by atoms with Crippen LogP contribution in [0.25, 0.3) is 0 Å². The predicted octanol–water partition coefficient (Wildman–Crippen LogP) is 5.89. The second kappa shape index (κ2) is 7.40. The van der Waals surface area contributed by atoms with Crippen molar-refractivity contribution in [1.29, 1.82) is 0 Å². The van der Waals surface area contributed by atoms with Crippen molar-refractivity contribution in [2.45, 2.75) is 76.4 Å². The number of hydrogen-bond donors (Lipinski definition) is 1. The van der Waals surface area contributed by atoms with Crippen molar-refractivity contribution >= 4 is 42.2 Å². The first kappa shape index (κ1) is 22.2. The molecule has 0 saturated carbocycles. The number of nitrogens with zero attached hydrogens (tertiary/aromatic N) is 1. The Balaban J connectivity index is 5.89. The molecule has 0 aliphatic carbocycles. The highest BCUT2D eigenvalue weighted by Gasteiger charge is 2.59. The second-order valence-corrected chi connectivity index (χ2v) is 29.0. The highest BCUT2D eigenvalue weighted by atomic mass is 32.2. The van der Waals surface area contributed by atoms with Gasteiger partial charge in [0.2, 0.25) is 0 Å². The lowest BCUT2D eigenvalue weighted by atomic mass is 10.2. The molecule has 0 bridgehead atoms. The van der Waals surface area contributed by atoms with Gasteiger partial charge in [0.05, 0.1) is 30.4 Å². The van der Waals surface area contributed by atoms with E-state index in [0.717, 1.165) is 11.3 Å². The summed E-state index contributed by atoms with van der Waals surface area (Å²) in [6, 6.07) is 0. The fourth-order valence-electron chi connectivity index (χ4n) is 4.55. The van der Waals surface area contributed by atoms with E-state index in [1.165, 1.54) is 5.57 Å². The van der Waals surface area contributed by atoms with Gasteiger partial charge in [-0.25, -0.2) is 0 Å². The van der Waals surface area contributed by atoms with Crippen LogP contribution in [0.1, 0.15) is 13.8 Å². The molecule has 1 N–H and O–H groups in total. The summed E-state index contributed by atoms with van der Waals surface area (Å²) in [5, 5.41) is 11.9. The summed E-state index contributed by atoms with van der Waals surface area (Å²) in [5.41, 5.74) is 2.42. The van der Waals surface area contributed by atoms with Crippen LogP contribution in [0.4, 0.5) is 0 Å². The van der Waals surface area contributed by atoms with E-state index >= 15 is 0 Å². The van der Waals surface area contributed by atoms with Crippen LogP contribution in [-0.2, 0) is 0 Å². The summed E-state index contributed by atoms with van der Waals surface area (Å²) in [6.07, 6.45) is 1.56. The zero-order valence-corrected chi connectivity index (χ0v) is 20.4. The molecule has 0 amide bonds. The summed E-state index contributed by atoms with van der Waals surface area (Å²) in [7, 11) is -4.04. The van der Waals surface area contributed by atoms with E-state index in [2.05, 4.69) is 82.8 Å². The van der Waals surface area contributed by atoms with Gasteiger partial charge in [-0.2, -0.15) is 11.8 Å². The summed E-state index contributed by atoms with van der Waals surface area (Å²) in [4.78, 5) is 0. The largest absolute Gasteiger partial charge is 0.411 e. The number of rotatable bonds is 7. The third-order valence-electron chi connectivity index (χ3n) is 4.60. The highest BCUT2D eigenvalue weighted by Crippen LogP contribution is 2.49. The Labute approximate surface area is 145 Å². The molecular weight excluding hydrogens is 339 g/mol. The molecule has 0 fully saturated rings. The quantitative estimate of drug-likeness (QED) is 0.260.